The molecule has 196 valence electrons. The molecule has 0 amide bonds. The highest BCUT2D eigenvalue weighted by Crippen LogP contribution is 2.29. The van der Waals surface area contributed by atoms with Gasteiger partial charge < -0.3 is 5.32 Å². The lowest BCUT2D eigenvalue weighted by Gasteiger charge is -2.14. The molecule has 1 heterocycles. The predicted octanol–water partition coefficient (Wildman–Crippen LogP) is 10.3. The van der Waals surface area contributed by atoms with Crippen LogP contribution in [0.3, 0.4) is 0 Å². The minimum Gasteiger partial charge on any atom is -0.366 e. The molecule has 2 aromatic carbocycles. The highest BCUT2D eigenvalue weighted by Gasteiger charge is 2.09. The van der Waals surface area contributed by atoms with Crippen molar-refractivity contribution < 1.29 is 0 Å². The Morgan fingerprint density at radius 2 is 1.74 bits per heavy atom. The number of anilines is 1. The molecule has 3 aromatic rings. The molecule has 1 aromatic heterocycles. The molecule has 0 bridgehead atoms. The summed E-state index contributed by atoms with van der Waals surface area (Å²) in [6.45, 7) is 11.4. The summed E-state index contributed by atoms with van der Waals surface area (Å²) in [5, 5.41) is 3.56. The number of nitrogens with one attached hydrogen (secondary N) is 1. The number of aromatic nitrogens is 1. The molecule has 0 unspecified atom stereocenters. The molecule has 0 aliphatic heterocycles. The Morgan fingerprint density at radius 1 is 0.921 bits per heavy atom. The van der Waals surface area contributed by atoms with Crippen molar-refractivity contribution in [3.8, 4) is 11.1 Å². The van der Waals surface area contributed by atoms with Crippen LogP contribution in [-0.2, 0) is 6.54 Å². The minimum absolute atomic E-state index is 0.724. The SMILES string of the molecule is C\C=C/C(=C\C=C\CC)c1ccc(CNc2nccc(-c3ccc(C)c(/C=C\C=C\CCC)c3)c2C)cc1. The standard InChI is InChI=1S/C36H42N2/c1-6-9-11-12-14-17-33-26-34(21-18-28(33)4)35-24-25-37-36(29(35)5)38-27-30-19-22-32(23-20-30)31(15-8-3)16-13-10-7-2/h8,10-26H,6-7,9,27H2,1-5H3,(H,37,38)/b12-11+,13-10+,15-8-,17-14-,31-16+. The van der Waals surface area contributed by atoms with Crippen LogP contribution in [0.1, 0.15) is 67.9 Å². The summed E-state index contributed by atoms with van der Waals surface area (Å²) in [7, 11) is 0. The van der Waals surface area contributed by atoms with Gasteiger partial charge in [0.15, 0.2) is 0 Å². The maximum Gasteiger partial charge on any atom is 0.129 e. The largest absolute Gasteiger partial charge is 0.366 e. The highest BCUT2D eigenvalue weighted by atomic mass is 15.0. The van der Waals surface area contributed by atoms with Crippen LogP contribution < -0.4 is 5.32 Å². The molecule has 0 atom stereocenters. The Kier molecular flexibility index (Phi) is 11.6. The number of benzene rings is 2. The van der Waals surface area contributed by atoms with Gasteiger partial charge in [-0.3, -0.25) is 0 Å². The highest BCUT2D eigenvalue weighted by molar-refractivity contribution is 5.76. The Labute approximate surface area is 230 Å². The number of hydrogen-bond donors (Lipinski definition) is 1. The Balaban J connectivity index is 1.75. The molecule has 0 spiro atoms. The number of unbranched alkanes of at least 4 members (excludes halogenated alkanes) is 1. The van der Waals surface area contributed by atoms with Crippen molar-refractivity contribution in [1.82, 2.24) is 4.98 Å². The van der Waals surface area contributed by atoms with Gasteiger partial charge in [-0.1, -0.05) is 111 Å². The Morgan fingerprint density at radius 3 is 2.47 bits per heavy atom. The second kappa shape index (κ2) is 15.4. The van der Waals surface area contributed by atoms with Gasteiger partial charge in [0.05, 0.1) is 0 Å². The van der Waals surface area contributed by atoms with Crippen LogP contribution in [0.4, 0.5) is 5.82 Å². The topological polar surface area (TPSA) is 24.9 Å². The fourth-order valence-corrected chi connectivity index (χ4v) is 4.25. The summed E-state index contributed by atoms with van der Waals surface area (Å²) < 4.78 is 0. The summed E-state index contributed by atoms with van der Waals surface area (Å²) in [4.78, 5) is 4.65. The van der Waals surface area contributed by atoms with Crippen molar-refractivity contribution in [3.05, 3.63) is 131 Å². The van der Waals surface area contributed by atoms with Gasteiger partial charge in [0, 0.05) is 12.7 Å². The van der Waals surface area contributed by atoms with Crippen LogP contribution in [-0.4, -0.2) is 4.98 Å². The molecule has 0 saturated heterocycles. The zero-order valence-corrected chi connectivity index (χ0v) is 23.7. The maximum absolute atomic E-state index is 4.65. The van der Waals surface area contributed by atoms with Crippen molar-refractivity contribution in [3.63, 3.8) is 0 Å². The summed E-state index contributed by atoms with van der Waals surface area (Å²) in [5.41, 5.74) is 9.74. The van der Waals surface area contributed by atoms with Gasteiger partial charge in [0.2, 0.25) is 0 Å². The Hall–Kier alpha value is -3.91. The van der Waals surface area contributed by atoms with E-state index in [1.54, 1.807) is 0 Å². The second-order valence-electron chi connectivity index (χ2n) is 9.49. The predicted molar refractivity (Wildman–Crippen MR) is 168 cm³/mol. The van der Waals surface area contributed by atoms with Crippen molar-refractivity contribution in [2.75, 3.05) is 5.32 Å². The van der Waals surface area contributed by atoms with E-state index in [0.717, 1.165) is 30.8 Å². The minimum atomic E-state index is 0.724. The number of nitrogens with zero attached hydrogens (tertiary/aromatic N) is 1. The Bertz CT molecular complexity index is 1320. The van der Waals surface area contributed by atoms with E-state index < -0.39 is 0 Å². The number of allylic oxidation sites excluding steroid dienone is 9. The maximum atomic E-state index is 4.65. The third kappa shape index (κ3) is 8.31. The average Bonchev–Trinajstić information content (AvgIpc) is 2.93. The lowest BCUT2D eigenvalue weighted by molar-refractivity contribution is 0.959. The molecule has 0 aliphatic rings. The van der Waals surface area contributed by atoms with Gasteiger partial charge in [-0.2, -0.15) is 0 Å². The fraction of sp³-hybridized carbons (Fsp3) is 0.250. The first-order valence-corrected chi connectivity index (χ1v) is 13.8. The number of pyridine rings is 1. The van der Waals surface area contributed by atoms with Gasteiger partial charge in [-0.05, 0) is 90.3 Å². The number of rotatable bonds is 12. The molecular weight excluding hydrogens is 460 g/mol. The van der Waals surface area contributed by atoms with E-state index in [1.165, 1.54) is 45.4 Å². The van der Waals surface area contributed by atoms with Gasteiger partial charge in [-0.15, -0.1) is 0 Å². The van der Waals surface area contributed by atoms with Crippen molar-refractivity contribution in [1.29, 1.82) is 0 Å². The zero-order chi connectivity index (χ0) is 27.2. The van der Waals surface area contributed by atoms with E-state index in [0.29, 0.717) is 0 Å². The van der Waals surface area contributed by atoms with Gasteiger partial charge in [0.25, 0.3) is 0 Å². The summed E-state index contributed by atoms with van der Waals surface area (Å²) >= 11 is 0. The third-order valence-electron chi connectivity index (χ3n) is 6.51. The van der Waals surface area contributed by atoms with E-state index in [4.69, 9.17) is 0 Å². The lowest BCUT2D eigenvalue weighted by Crippen LogP contribution is -2.04. The van der Waals surface area contributed by atoms with Crippen LogP contribution in [0.5, 0.6) is 0 Å². The first-order valence-electron chi connectivity index (χ1n) is 13.8. The van der Waals surface area contributed by atoms with Crippen molar-refractivity contribution in [2.24, 2.45) is 0 Å². The first kappa shape index (κ1) is 28.7. The molecule has 0 saturated carbocycles. The molecule has 3 rings (SSSR count). The molecule has 38 heavy (non-hydrogen) atoms. The van der Waals surface area contributed by atoms with E-state index in [2.05, 4.69) is 148 Å². The molecule has 2 nitrogen and oxygen atoms in total. The van der Waals surface area contributed by atoms with Gasteiger partial charge in [0.1, 0.15) is 5.82 Å². The zero-order valence-electron chi connectivity index (χ0n) is 23.7. The molecule has 1 N–H and O–H groups in total. The van der Waals surface area contributed by atoms with Gasteiger partial charge >= 0.3 is 0 Å². The van der Waals surface area contributed by atoms with Crippen LogP contribution >= 0.6 is 0 Å². The molecule has 0 fully saturated rings. The molecule has 0 radical (unpaired) electrons. The number of hydrogen-bond acceptors (Lipinski definition) is 2. The van der Waals surface area contributed by atoms with Crippen LogP contribution in [0.15, 0.2) is 103 Å². The quantitative estimate of drug-likeness (QED) is 0.249. The third-order valence-corrected chi connectivity index (χ3v) is 6.51. The summed E-state index contributed by atoms with van der Waals surface area (Å²) in [6.07, 6.45) is 24.6. The van der Waals surface area contributed by atoms with E-state index >= 15 is 0 Å². The molecule has 2 heteroatoms. The second-order valence-corrected chi connectivity index (χ2v) is 9.49. The number of aryl methyl sites for hydroxylation is 1. The summed E-state index contributed by atoms with van der Waals surface area (Å²) in [6, 6.07) is 17.6. The average molecular weight is 503 g/mol. The first-order chi connectivity index (χ1) is 18.6. The van der Waals surface area contributed by atoms with E-state index in [-0.39, 0.29) is 0 Å². The van der Waals surface area contributed by atoms with Crippen LogP contribution in [0.2, 0.25) is 0 Å². The van der Waals surface area contributed by atoms with Gasteiger partial charge in [-0.25, -0.2) is 4.98 Å². The summed E-state index contributed by atoms with van der Waals surface area (Å²) in [5.74, 6) is 0.922. The van der Waals surface area contributed by atoms with E-state index in [9.17, 15) is 0 Å². The van der Waals surface area contributed by atoms with Crippen molar-refractivity contribution >= 4 is 17.5 Å². The molecular formula is C36H42N2. The van der Waals surface area contributed by atoms with Crippen LogP contribution in [0, 0.1) is 13.8 Å². The van der Waals surface area contributed by atoms with E-state index in [1.807, 2.05) is 6.20 Å². The van der Waals surface area contributed by atoms with Crippen molar-refractivity contribution in [2.45, 2.75) is 60.4 Å². The fourth-order valence-electron chi connectivity index (χ4n) is 4.25. The lowest BCUT2D eigenvalue weighted by atomic mass is 9.97. The van der Waals surface area contributed by atoms with Crippen LogP contribution in [0.25, 0.3) is 22.8 Å². The monoisotopic (exact) mass is 502 g/mol. The molecule has 0 aliphatic carbocycles. The smallest absolute Gasteiger partial charge is 0.129 e. The normalized spacial score (nSPS) is 12.5.